The van der Waals surface area contributed by atoms with Crippen molar-refractivity contribution in [2.24, 2.45) is 0 Å². The standard InChI is InChI=1S/C20H23N5O.C2H4O2/c1-12-7-8-25-16(9-12)23-18(19(25)24-20(2,3)4)13-5-6-14-15(10-13)21-11-17(26)22-14;1-4-2-3/h5-10,21,24H,11H2,1-4H3,(H,22,26);2H,1H3. The average molecular weight is 409 g/mol. The summed E-state index contributed by atoms with van der Waals surface area (Å²) in [5.41, 5.74) is 5.59. The van der Waals surface area contributed by atoms with Crippen LogP contribution in [0.4, 0.5) is 17.2 Å². The predicted octanol–water partition coefficient (Wildman–Crippen LogP) is 3.67. The van der Waals surface area contributed by atoms with Crippen molar-refractivity contribution in [1.29, 1.82) is 0 Å². The highest BCUT2D eigenvalue weighted by Gasteiger charge is 2.21. The molecule has 30 heavy (non-hydrogen) atoms. The van der Waals surface area contributed by atoms with E-state index in [1.807, 2.05) is 24.4 Å². The molecule has 0 saturated heterocycles. The molecule has 1 aliphatic heterocycles. The normalized spacial score (nSPS) is 12.8. The van der Waals surface area contributed by atoms with Gasteiger partial charge in [-0.05, 0) is 57.5 Å². The van der Waals surface area contributed by atoms with Crippen molar-refractivity contribution in [1.82, 2.24) is 9.38 Å². The summed E-state index contributed by atoms with van der Waals surface area (Å²) in [5, 5.41) is 9.64. The molecule has 8 heteroatoms. The predicted molar refractivity (Wildman–Crippen MR) is 119 cm³/mol. The van der Waals surface area contributed by atoms with Gasteiger partial charge in [0.15, 0.2) is 0 Å². The number of hydrogen-bond acceptors (Lipinski definition) is 6. The van der Waals surface area contributed by atoms with Gasteiger partial charge in [-0.25, -0.2) is 4.98 Å². The van der Waals surface area contributed by atoms with Gasteiger partial charge in [-0.2, -0.15) is 0 Å². The van der Waals surface area contributed by atoms with E-state index in [-0.39, 0.29) is 18.0 Å². The van der Waals surface area contributed by atoms with Crippen molar-refractivity contribution in [3.8, 4) is 11.3 Å². The quantitative estimate of drug-likeness (QED) is 0.571. The molecule has 0 bridgehead atoms. The zero-order chi connectivity index (χ0) is 21.9. The molecule has 1 amide bonds. The van der Waals surface area contributed by atoms with Gasteiger partial charge >= 0.3 is 0 Å². The van der Waals surface area contributed by atoms with E-state index in [1.54, 1.807) is 0 Å². The van der Waals surface area contributed by atoms with Crippen molar-refractivity contribution in [3.05, 3.63) is 42.1 Å². The van der Waals surface area contributed by atoms with Crippen LogP contribution in [0.1, 0.15) is 26.3 Å². The zero-order valence-corrected chi connectivity index (χ0v) is 17.9. The first-order chi connectivity index (χ1) is 14.2. The first kappa shape index (κ1) is 21.2. The summed E-state index contributed by atoms with van der Waals surface area (Å²) in [4.78, 5) is 25.4. The molecule has 0 fully saturated rings. The molecule has 2 aromatic heterocycles. The fraction of sp³-hybridized carbons (Fsp3) is 0.318. The Hall–Kier alpha value is -3.55. The fourth-order valence-corrected chi connectivity index (χ4v) is 3.14. The molecule has 8 nitrogen and oxygen atoms in total. The smallest absolute Gasteiger partial charge is 0.292 e. The van der Waals surface area contributed by atoms with Gasteiger partial charge in [0, 0.05) is 17.3 Å². The number of carbonyl (C=O) groups excluding carboxylic acids is 2. The second kappa shape index (κ2) is 8.44. The lowest BCUT2D eigenvalue weighted by Gasteiger charge is -2.23. The fourth-order valence-electron chi connectivity index (χ4n) is 3.14. The molecule has 4 rings (SSSR count). The Kier molecular flexibility index (Phi) is 5.96. The largest absolute Gasteiger partial charge is 0.471 e. The molecular formula is C22H27N5O3. The number of carbonyl (C=O) groups is 2. The number of anilines is 3. The topological polar surface area (TPSA) is 96.8 Å². The van der Waals surface area contributed by atoms with Crippen LogP contribution in [0.5, 0.6) is 0 Å². The number of methoxy groups -OCH3 is 1. The lowest BCUT2D eigenvalue weighted by molar-refractivity contribution is -0.126. The molecule has 1 aromatic carbocycles. The van der Waals surface area contributed by atoms with E-state index >= 15 is 0 Å². The van der Waals surface area contributed by atoms with Crippen molar-refractivity contribution in [2.75, 3.05) is 29.6 Å². The van der Waals surface area contributed by atoms with E-state index in [9.17, 15) is 4.79 Å². The van der Waals surface area contributed by atoms with Crippen molar-refractivity contribution in [3.63, 3.8) is 0 Å². The molecule has 3 heterocycles. The number of aromatic nitrogens is 2. The van der Waals surface area contributed by atoms with Gasteiger partial charge in [-0.3, -0.25) is 14.0 Å². The molecule has 0 unspecified atom stereocenters. The number of imidazole rings is 1. The molecule has 0 radical (unpaired) electrons. The van der Waals surface area contributed by atoms with Crippen LogP contribution < -0.4 is 16.0 Å². The van der Waals surface area contributed by atoms with Gasteiger partial charge in [0.25, 0.3) is 6.47 Å². The lowest BCUT2D eigenvalue weighted by Crippen LogP contribution is -2.27. The van der Waals surface area contributed by atoms with Crippen LogP contribution >= 0.6 is 0 Å². The lowest BCUT2D eigenvalue weighted by atomic mass is 10.1. The third kappa shape index (κ3) is 4.71. The monoisotopic (exact) mass is 409 g/mol. The Labute approximate surface area is 175 Å². The molecule has 0 saturated carbocycles. The van der Waals surface area contributed by atoms with Crippen LogP contribution in [-0.4, -0.2) is 41.0 Å². The van der Waals surface area contributed by atoms with Crippen molar-refractivity contribution < 1.29 is 14.3 Å². The van der Waals surface area contributed by atoms with Gasteiger partial charge in [-0.1, -0.05) is 6.07 Å². The summed E-state index contributed by atoms with van der Waals surface area (Å²) in [6, 6.07) is 10.1. The van der Waals surface area contributed by atoms with Gasteiger partial charge in [0.1, 0.15) is 17.2 Å². The number of rotatable bonds is 3. The van der Waals surface area contributed by atoms with Gasteiger partial charge in [0.05, 0.1) is 25.0 Å². The molecule has 0 aliphatic carbocycles. The van der Waals surface area contributed by atoms with Crippen LogP contribution in [0.25, 0.3) is 16.9 Å². The highest BCUT2D eigenvalue weighted by atomic mass is 16.5. The number of amides is 1. The number of pyridine rings is 1. The van der Waals surface area contributed by atoms with E-state index in [0.717, 1.165) is 34.1 Å². The van der Waals surface area contributed by atoms with Gasteiger partial charge in [0.2, 0.25) is 5.91 Å². The number of nitrogens with one attached hydrogen (secondary N) is 3. The van der Waals surface area contributed by atoms with Crippen LogP contribution in [0.3, 0.4) is 0 Å². The van der Waals surface area contributed by atoms with E-state index < -0.39 is 0 Å². The molecule has 158 valence electrons. The minimum atomic E-state index is -0.101. The first-order valence-corrected chi connectivity index (χ1v) is 9.63. The van der Waals surface area contributed by atoms with E-state index in [0.29, 0.717) is 6.47 Å². The molecule has 3 aromatic rings. The maximum atomic E-state index is 11.5. The molecule has 1 aliphatic rings. The zero-order valence-electron chi connectivity index (χ0n) is 17.9. The summed E-state index contributed by atoms with van der Waals surface area (Å²) in [6.07, 6.45) is 2.05. The number of benzene rings is 1. The molecule has 0 spiro atoms. The summed E-state index contributed by atoms with van der Waals surface area (Å²) >= 11 is 0. The minimum absolute atomic E-state index is 0.0245. The highest BCUT2D eigenvalue weighted by Crippen LogP contribution is 2.35. The van der Waals surface area contributed by atoms with Gasteiger partial charge in [-0.15, -0.1) is 0 Å². The number of aryl methyl sites for hydroxylation is 1. The Bertz CT molecular complexity index is 1080. The summed E-state index contributed by atoms with van der Waals surface area (Å²) in [7, 11) is 1.31. The number of hydrogen-bond donors (Lipinski definition) is 3. The third-order valence-corrected chi connectivity index (χ3v) is 4.38. The van der Waals surface area contributed by atoms with Crippen LogP contribution in [-0.2, 0) is 14.3 Å². The Morgan fingerprint density at radius 1 is 1.20 bits per heavy atom. The SMILES string of the molecule is COC=O.Cc1ccn2c(NC(C)(C)C)c(-c3ccc4c(c3)NCC(=O)N4)nc2c1. The Morgan fingerprint density at radius 2 is 1.93 bits per heavy atom. The Balaban J connectivity index is 0.000000589. The minimum Gasteiger partial charge on any atom is -0.471 e. The number of fused-ring (bicyclic) bond motifs is 2. The van der Waals surface area contributed by atoms with Crippen molar-refractivity contribution >= 4 is 35.2 Å². The van der Waals surface area contributed by atoms with E-state index in [1.165, 1.54) is 12.7 Å². The van der Waals surface area contributed by atoms with E-state index in [2.05, 4.69) is 64.9 Å². The van der Waals surface area contributed by atoms with Crippen LogP contribution in [0.15, 0.2) is 36.5 Å². The number of ether oxygens (including phenoxy) is 1. The molecule has 3 N–H and O–H groups in total. The maximum Gasteiger partial charge on any atom is 0.292 e. The maximum absolute atomic E-state index is 11.5. The number of nitrogens with zero attached hydrogens (tertiary/aromatic N) is 2. The third-order valence-electron chi connectivity index (χ3n) is 4.38. The van der Waals surface area contributed by atoms with Crippen LogP contribution in [0.2, 0.25) is 0 Å². The van der Waals surface area contributed by atoms with Crippen molar-refractivity contribution in [2.45, 2.75) is 33.2 Å². The van der Waals surface area contributed by atoms with Crippen LogP contribution in [0, 0.1) is 6.92 Å². The summed E-state index contributed by atoms with van der Waals surface area (Å²) in [5.74, 6) is 0.941. The Morgan fingerprint density at radius 3 is 2.60 bits per heavy atom. The van der Waals surface area contributed by atoms with Gasteiger partial charge < -0.3 is 20.7 Å². The van der Waals surface area contributed by atoms with E-state index in [4.69, 9.17) is 9.78 Å². The second-order valence-corrected chi connectivity index (χ2v) is 8.11. The average Bonchev–Trinajstić information content (AvgIpc) is 3.03. The first-order valence-electron chi connectivity index (χ1n) is 9.63. The molecular weight excluding hydrogens is 382 g/mol. The summed E-state index contributed by atoms with van der Waals surface area (Å²) < 4.78 is 5.95. The molecule has 0 atom stereocenters. The highest BCUT2D eigenvalue weighted by molar-refractivity contribution is 6.01. The second-order valence-electron chi connectivity index (χ2n) is 8.11. The summed E-state index contributed by atoms with van der Waals surface area (Å²) in [6.45, 7) is 9.13.